The van der Waals surface area contributed by atoms with Crippen LogP contribution >= 0.6 is 0 Å². The van der Waals surface area contributed by atoms with Crippen LogP contribution in [0.15, 0.2) is 36.8 Å². The fourth-order valence-electron chi connectivity index (χ4n) is 4.04. The van der Waals surface area contributed by atoms with E-state index >= 15 is 0 Å². The maximum atomic E-state index is 14.2. The number of ether oxygens (including phenoxy) is 1. The molecule has 1 aliphatic heterocycles. The van der Waals surface area contributed by atoms with E-state index in [9.17, 15) is 9.18 Å². The van der Waals surface area contributed by atoms with E-state index in [2.05, 4.69) is 35.6 Å². The minimum absolute atomic E-state index is 0.0895. The van der Waals surface area contributed by atoms with Crippen molar-refractivity contribution in [1.82, 2.24) is 24.6 Å². The van der Waals surface area contributed by atoms with Gasteiger partial charge in [-0.05, 0) is 31.0 Å². The number of halogens is 1. The summed E-state index contributed by atoms with van der Waals surface area (Å²) in [6, 6.07) is 5.39. The van der Waals surface area contributed by atoms with Crippen LogP contribution in [-0.4, -0.2) is 69.4 Å². The maximum absolute atomic E-state index is 14.2. The largest absolute Gasteiger partial charge is 0.378 e. The Bertz CT molecular complexity index is 1520. The van der Waals surface area contributed by atoms with Gasteiger partial charge in [0.25, 0.3) is 5.91 Å². The molecule has 0 spiro atoms. The number of pyridine rings is 3. The fraction of sp³-hybridized carbons (Fsp3) is 0.348. The van der Waals surface area contributed by atoms with Crippen molar-refractivity contribution in [2.75, 3.05) is 48.8 Å². The molecule has 0 unspecified atom stereocenters. The van der Waals surface area contributed by atoms with Crippen LogP contribution in [0, 0.1) is 0 Å². The molecule has 10 nitrogen and oxygen atoms in total. The van der Waals surface area contributed by atoms with E-state index in [1.165, 1.54) is 12.4 Å². The van der Waals surface area contributed by atoms with Gasteiger partial charge in [-0.1, -0.05) is 0 Å². The Morgan fingerprint density at radius 2 is 2.06 bits per heavy atom. The zero-order valence-corrected chi connectivity index (χ0v) is 18.1. The first kappa shape index (κ1) is 17.6. The second-order valence-electron chi connectivity index (χ2n) is 8.40. The predicted octanol–water partition coefficient (Wildman–Crippen LogP) is 2.66. The Hall–Kier alpha value is -3.86. The lowest BCUT2D eigenvalue weighted by Crippen LogP contribution is -2.36. The monoisotopic (exact) mass is 465 g/mol. The Kier molecular flexibility index (Phi) is 4.07. The highest BCUT2D eigenvalue weighted by Crippen LogP contribution is 2.41. The molecule has 4 aromatic rings. The molecule has 174 valence electrons. The van der Waals surface area contributed by atoms with Gasteiger partial charge in [0.2, 0.25) is 0 Å². The molecule has 2 N–H and O–H groups in total. The van der Waals surface area contributed by atoms with E-state index in [1.807, 2.05) is 18.3 Å². The van der Waals surface area contributed by atoms with Crippen LogP contribution in [0.3, 0.4) is 0 Å². The van der Waals surface area contributed by atoms with Crippen LogP contribution in [0.2, 0.25) is 0 Å². The highest BCUT2D eigenvalue weighted by atomic mass is 19.1. The summed E-state index contributed by atoms with van der Waals surface area (Å²) in [6.45, 7) is 0.386. The summed E-state index contributed by atoms with van der Waals surface area (Å²) in [4.78, 5) is 27.6. The summed E-state index contributed by atoms with van der Waals surface area (Å²) >= 11 is 0. The SMILES string of the molecule is [2H]C([2H])([2H])Nc1ncc(-c2nc3ccc(N4CCOCC4)cn3n2)c2cc(NC(=O)C3(F)CC3)ncc12. The third-order valence-corrected chi connectivity index (χ3v) is 6.16. The minimum Gasteiger partial charge on any atom is -0.378 e. The third kappa shape index (κ3) is 3.58. The second kappa shape index (κ2) is 7.87. The van der Waals surface area contributed by atoms with Crippen molar-refractivity contribution in [2.24, 2.45) is 0 Å². The number of rotatable bonds is 5. The van der Waals surface area contributed by atoms with E-state index in [1.54, 1.807) is 10.6 Å². The van der Waals surface area contributed by atoms with Crippen molar-refractivity contribution in [3.05, 3.63) is 36.8 Å². The molecule has 0 atom stereocenters. The van der Waals surface area contributed by atoms with Gasteiger partial charge >= 0.3 is 0 Å². The lowest BCUT2D eigenvalue weighted by molar-refractivity contribution is -0.122. The summed E-state index contributed by atoms with van der Waals surface area (Å²) in [7, 11) is 0. The summed E-state index contributed by atoms with van der Waals surface area (Å²) in [5, 5.41) is 10.5. The number of amides is 1. The van der Waals surface area contributed by atoms with E-state index in [4.69, 9.17) is 8.85 Å². The lowest BCUT2D eigenvalue weighted by atomic mass is 10.1. The van der Waals surface area contributed by atoms with Crippen LogP contribution in [0.1, 0.15) is 17.0 Å². The van der Waals surface area contributed by atoms with Gasteiger partial charge in [-0.25, -0.2) is 23.9 Å². The number of alkyl halides is 1. The van der Waals surface area contributed by atoms with Gasteiger partial charge in [0, 0.05) is 52.9 Å². The molecule has 6 rings (SSSR count). The Labute approximate surface area is 198 Å². The highest BCUT2D eigenvalue weighted by molar-refractivity contribution is 6.04. The van der Waals surface area contributed by atoms with Gasteiger partial charge < -0.3 is 20.3 Å². The topological polar surface area (TPSA) is 110 Å². The van der Waals surface area contributed by atoms with Gasteiger partial charge in [0.05, 0.1) is 25.1 Å². The molecule has 1 aliphatic carbocycles. The number of fused-ring (bicyclic) bond motifs is 2. The molecule has 4 aromatic heterocycles. The molecule has 1 amide bonds. The number of hydrogen-bond acceptors (Lipinski definition) is 8. The van der Waals surface area contributed by atoms with Crippen LogP contribution in [0.4, 0.5) is 21.7 Å². The summed E-state index contributed by atoms with van der Waals surface area (Å²) in [5.74, 6) is -0.180. The lowest BCUT2D eigenvalue weighted by Gasteiger charge is -2.28. The molecule has 34 heavy (non-hydrogen) atoms. The number of nitrogens with one attached hydrogen (secondary N) is 2. The molecular formula is C23H23FN8O2. The standard InChI is InChI=1S/C23H23FN8O2/c1-25-20-16-11-26-18(28-22(33)23(24)4-5-23)10-15(16)17(12-27-20)21-29-19-3-2-14(13-32(19)30-21)31-6-8-34-9-7-31/h2-3,10-13H,4-9H2,1H3,(H,25,27)(H,26,28,33)/i1D3. The van der Waals surface area contributed by atoms with Gasteiger partial charge in [-0.2, -0.15) is 0 Å². The molecule has 2 fully saturated rings. The molecule has 1 saturated heterocycles. The Morgan fingerprint density at radius 1 is 1.21 bits per heavy atom. The van der Waals surface area contributed by atoms with Crippen LogP contribution in [0.5, 0.6) is 0 Å². The molecule has 0 aromatic carbocycles. The Balaban J connectivity index is 1.42. The van der Waals surface area contributed by atoms with Gasteiger partial charge in [-0.3, -0.25) is 4.79 Å². The molecule has 5 heterocycles. The fourth-order valence-corrected chi connectivity index (χ4v) is 4.04. The van der Waals surface area contributed by atoms with E-state index in [0.29, 0.717) is 41.0 Å². The van der Waals surface area contributed by atoms with Crippen LogP contribution in [-0.2, 0) is 9.53 Å². The average molecular weight is 466 g/mol. The number of nitrogens with zero attached hydrogens (tertiary/aromatic N) is 6. The number of aromatic nitrogens is 5. The smallest absolute Gasteiger partial charge is 0.263 e. The third-order valence-electron chi connectivity index (χ3n) is 6.16. The van der Waals surface area contributed by atoms with Crippen molar-refractivity contribution in [2.45, 2.75) is 18.5 Å². The zero-order valence-electron chi connectivity index (χ0n) is 21.1. The quantitative estimate of drug-likeness (QED) is 0.463. The first-order chi connectivity index (χ1) is 17.7. The van der Waals surface area contributed by atoms with Gasteiger partial charge in [0.1, 0.15) is 11.6 Å². The van der Waals surface area contributed by atoms with Gasteiger partial charge in [0.15, 0.2) is 17.1 Å². The number of carbonyl (C=O) groups is 1. The number of anilines is 3. The first-order valence-corrected chi connectivity index (χ1v) is 11.0. The first-order valence-electron chi connectivity index (χ1n) is 12.5. The average Bonchev–Trinajstić information content (AvgIpc) is 3.49. The summed E-state index contributed by atoms with van der Waals surface area (Å²) in [5.41, 5.74) is 0.233. The van der Waals surface area contributed by atoms with E-state index < -0.39 is 18.6 Å². The molecular weight excluding hydrogens is 439 g/mol. The van der Waals surface area contributed by atoms with Gasteiger partial charge in [-0.15, -0.1) is 5.10 Å². The van der Waals surface area contributed by atoms with Crippen molar-refractivity contribution in [3.8, 4) is 11.4 Å². The molecule has 2 aliphatic rings. The van der Waals surface area contributed by atoms with E-state index in [-0.39, 0.29) is 24.5 Å². The number of morpholine rings is 1. The second-order valence-corrected chi connectivity index (χ2v) is 8.40. The number of hydrogen-bond donors (Lipinski definition) is 2. The number of carbonyl (C=O) groups excluding carboxylic acids is 1. The van der Waals surface area contributed by atoms with E-state index in [0.717, 1.165) is 18.8 Å². The normalized spacial score (nSPS) is 18.9. The summed E-state index contributed by atoms with van der Waals surface area (Å²) in [6.07, 6.45) is 5.09. The van der Waals surface area contributed by atoms with Crippen molar-refractivity contribution in [1.29, 1.82) is 0 Å². The van der Waals surface area contributed by atoms with Crippen LogP contribution in [0.25, 0.3) is 27.8 Å². The molecule has 0 radical (unpaired) electrons. The zero-order chi connectivity index (χ0) is 25.8. The molecule has 0 bridgehead atoms. The van der Waals surface area contributed by atoms with Crippen molar-refractivity contribution >= 4 is 39.6 Å². The summed E-state index contributed by atoms with van der Waals surface area (Å²) < 4.78 is 44.0. The Morgan fingerprint density at radius 3 is 2.85 bits per heavy atom. The van der Waals surface area contributed by atoms with Crippen molar-refractivity contribution < 1.29 is 18.0 Å². The maximum Gasteiger partial charge on any atom is 0.263 e. The van der Waals surface area contributed by atoms with Crippen LogP contribution < -0.4 is 15.5 Å². The highest BCUT2D eigenvalue weighted by Gasteiger charge is 2.51. The molecule has 1 saturated carbocycles. The molecule has 11 heteroatoms. The van der Waals surface area contributed by atoms with Crippen molar-refractivity contribution in [3.63, 3.8) is 0 Å². The predicted molar refractivity (Wildman–Crippen MR) is 126 cm³/mol. The minimum atomic E-state index is -2.49.